The number of carbonyl (C=O) groups excluding carboxylic acids is 1. The van der Waals surface area contributed by atoms with Crippen LogP contribution in [0.4, 0.5) is 0 Å². The number of thiophene rings is 1. The van der Waals surface area contributed by atoms with Gasteiger partial charge in [0.15, 0.2) is 0 Å². The lowest BCUT2D eigenvalue weighted by Gasteiger charge is -2.26. The molecular weight excluding hydrogens is 230 g/mol. The zero-order valence-electron chi connectivity index (χ0n) is 11.2. The molecule has 1 heterocycles. The summed E-state index contributed by atoms with van der Waals surface area (Å²) in [5.74, 6) is 0.577. The Kier molecular flexibility index (Phi) is 5.19. The molecule has 1 aromatic heterocycles. The topological polar surface area (TPSA) is 29.1 Å². The van der Waals surface area contributed by atoms with E-state index in [1.807, 2.05) is 6.07 Å². The van der Waals surface area contributed by atoms with Crippen LogP contribution in [0.3, 0.4) is 0 Å². The average molecular weight is 253 g/mol. The first-order chi connectivity index (χ1) is 7.89. The third-order valence-corrected chi connectivity index (χ3v) is 4.18. The van der Waals surface area contributed by atoms with Crippen molar-refractivity contribution in [1.82, 2.24) is 5.32 Å². The summed E-state index contributed by atoms with van der Waals surface area (Å²) in [5, 5.41) is 5.06. The number of rotatable bonds is 5. The zero-order valence-corrected chi connectivity index (χ0v) is 12.1. The second-order valence-corrected chi connectivity index (χ2v) is 6.68. The van der Waals surface area contributed by atoms with Gasteiger partial charge in [0.25, 0.3) is 0 Å². The van der Waals surface area contributed by atoms with Crippen molar-refractivity contribution in [2.75, 3.05) is 6.54 Å². The summed E-state index contributed by atoms with van der Waals surface area (Å²) in [5.41, 5.74) is 0.199. The lowest BCUT2D eigenvalue weighted by Crippen LogP contribution is -2.30. The first-order valence-corrected chi connectivity index (χ1v) is 7.06. The summed E-state index contributed by atoms with van der Waals surface area (Å²) < 4.78 is 0. The van der Waals surface area contributed by atoms with Crippen molar-refractivity contribution in [3.63, 3.8) is 0 Å². The number of hydrogen-bond donors (Lipinski definition) is 1. The highest BCUT2D eigenvalue weighted by atomic mass is 32.1. The molecule has 1 atom stereocenters. The van der Waals surface area contributed by atoms with Gasteiger partial charge in [0.2, 0.25) is 5.91 Å². The second kappa shape index (κ2) is 6.20. The minimum absolute atomic E-state index is 0.170. The maximum atomic E-state index is 11.7. The van der Waals surface area contributed by atoms with E-state index in [1.165, 1.54) is 4.88 Å². The molecule has 0 aliphatic rings. The van der Waals surface area contributed by atoms with Gasteiger partial charge in [-0.2, -0.15) is 0 Å². The Morgan fingerprint density at radius 3 is 2.71 bits per heavy atom. The Bertz CT molecular complexity index is 338. The molecule has 96 valence electrons. The minimum atomic E-state index is 0.170. The molecule has 1 rings (SSSR count). The molecule has 0 fully saturated rings. The summed E-state index contributed by atoms with van der Waals surface area (Å²) in [6.07, 6.45) is 1.56. The summed E-state index contributed by atoms with van der Waals surface area (Å²) in [7, 11) is 0. The van der Waals surface area contributed by atoms with Crippen LogP contribution in [0, 0.1) is 11.3 Å². The van der Waals surface area contributed by atoms with Gasteiger partial charge in [-0.25, -0.2) is 0 Å². The summed E-state index contributed by atoms with van der Waals surface area (Å²) >= 11 is 1.74. The molecule has 0 saturated heterocycles. The van der Waals surface area contributed by atoms with Crippen LogP contribution in [-0.4, -0.2) is 12.5 Å². The summed E-state index contributed by atoms with van der Waals surface area (Å²) in [6, 6.07) is 4.15. The Balaban J connectivity index is 2.22. The first-order valence-electron chi connectivity index (χ1n) is 6.18. The van der Waals surface area contributed by atoms with Crippen LogP contribution in [0.1, 0.15) is 39.0 Å². The smallest absolute Gasteiger partial charge is 0.220 e. The Hall–Kier alpha value is -0.830. The van der Waals surface area contributed by atoms with E-state index >= 15 is 0 Å². The molecule has 1 N–H and O–H groups in total. The normalized spacial score (nSPS) is 13.4. The van der Waals surface area contributed by atoms with Gasteiger partial charge < -0.3 is 5.32 Å². The Morgan fingerprint density at radius 2 is 2.18 bits per heavy atom. The van der Waals surface area contributed by atoms with Crippen molar-refractivity contribution in [2.24, 2.45) is 11.3 Å². The average Bonchev–Trinajstić information content (AvgIpc) is 2.69. The van der Waals surface area contributed by atoms with E-state index in [2.05, 4.69) is 44.5 Å². The van der Waals surface area contributed by atoms with E-state index in [-0.39, 0.29) is 11.3 Å². The van der Waals surface area contributed by atoms with Crippen LogP contribution < -0.4 is 5.32 Å². The van der Waals surface area contributed by atoms with Crippen LogP contribution in [-0.2, 0) is 11.2 Å². The van der Waals surface area contributed by atoms with Gasteiger partial charge >= 0.3 is 0 Å². The van der Waals surface area contributed by atoms with Gasteiger partial charge in [-0.05, 0) is 29.2 Å². The van der Waals surface area contributed by atoms with Crippen LogP contribution in [0.2, 0.25) is 0 Å². The molecule has 0 bridgehead atoms. The largest absolute Gasteiger partial charge is 0.356 e. The molecule has 0 spiro atoms. The van der Waals surface area contributed by atoms with E-state index in [0.29, 0.717) is 12.3 Å². The van der Waals surface area contributed by atoms with Gasteiger partial charge in [-0.3, -0.25) is 4.79 Å². The van der Waals surface area contributed by atoms with Crippen LogP contribution in [0.5, 0.6) is 0 Å². The van der Waals surface area contributed by atoms with Gasteiger partial charge in [-0.1, -0.05) is 33.8 Å². The third kappa shape index (κ3) is 5.35. The number of hydrogen-bond acceptors (Lipinski definition) is 2. The third-order valence-electron chi connectivity index (χ3n) is 3.24. The molecule has 0 aromatic carbocycles. The van der Waals surface area contributed by atoms with E-state index in [0.717, 1.165) is 13.0 Å². The van der Waals surface area contributed by atoms with Crippen molar-refractivity contribution in [3.8, 4) is 0 Å². The maximum absolute atomic E-state index is 11.7. The second-order valence-electron chi connectivity index (χ2n) is 5.65. The molecule has 1 unspecified atom stereocenters. The minimum Gasteiger partial charge on any atom is -0.356 e. The van der Waals surface area contributed by atoms with Gasteiger partial charge in [0.1, 0.15) is 0 Å². The number of carbonyl (C=O) groups is 1. The lowest BCUT2D eigenvalue weighted by molar-refractivity contribution is -0.122. The molecule has 2 nitrogen and oxygen atoms in total. The maximum Gasteiger partial charge on any atom is 0.220 e. The summed E-state index contributed by atoms with van der Waals surface area (Å²) in [6.45, 7) is 9.42. The van der Waals surface area contributed by atoms with Crippen LogP contribution >= 0.6 is 11.3 Å². The van der Waals surface area contributed by atoms with E-state index < -0.39 is 0 Å². The quantitative estimate of drug-likeness (QED) is 0.855. The van der Waals surface area contributed by atoms with Crippen LogP contribution in [0.15, 0.2) is 17.5 Å². The van der Waals surface area contributed by atoms with Crippen molar-refractivity contribution >= 4 is 17.2 Å². The summed E-state index contributed by atoms with van der Waals surface area (Å²) in [4.78, 5) is 13.0. The van der Waals surface area contributed by atoms with Gasteiger partial charge in [0.05, 0.1) is 0 Å². The highest BCUT2D eigenvalue weighted by Crippen LogP contribution is 2.27. The SMILES string of the molecule is CC(CC(=O)NCCc1cccs1)C(C)(C)C. The van der Waals surface area contributed by atoms with E-state index in [1.54, 1.807) is 11.3 Å². The fourth-order valence-corrected chi connectivity index (χ4v) is 2.15. The monoisotopic (exact) mass is 253 g/mol. The standard InChI is InChI=1S/C14H23NOS/c1-11(14(2,3)4)10-13(16)15-8-7-12-6-5-9-17-12/h5-6,9,11H,7-8,10H2,1-4H3,(H,15,16). The molecule has 17 heavy (non-hydrogen) atoms. The predicted molar refractivity (Wildman–Crippen MR) is 74.3 cm³/mol. The molecule has 0 radical (unpaired) electrons. The Morgan fingerprint density at radius 1 is 1.47 bits per heavy atom. The predicted octanol–water partition coefficient (Wildman–Crippen LogP) is 3.48. The fourth-order valence-electron chi connectivity index (χ4n) is 1.44. The zero-order chi connectivity index (χ0) is 12.9. The highest BCUT2D eigenvalue weighted by molar-refractivity contribution is 7.09. The lowest BCUT2D eigenvalue weighted by atomic mass is 9.80. The van der Waals surface area contributed by atoms with Crippen molar-refractivity contribution in [1.29, 1.82) is 0 Å². The van der Waals surface area contributed by atoms with Gasteiger partial charge in [0, 0.05) is 17.8 Å². The van der Waals surface area contributed by atoms with Crippen molar-refractivity contribution in [3.05, 3.63) is 22.4 Å². The van der Waals surface area contributed by atoms with E-state index in [4.69, 9.17) is 0 Å². The van der Waals surface area contributed by atoms with Crippen LogP contribution in [0.25, 0.3) is 0 Å². The molecule has 3 heteroatoms. The molecule has 1 aromatic rings. The highest BCUT2D eigenvalue weighted by Gasteiger charge is 2.22. The number of amides is 1. The fraction of sp³-hybridized carbons (Fsp3) is 0.643. The molecule has 0 saturated carbocycles. The first kappa shape index (κ1) is 14.2. The van der Waals surface area contributed by atoms with E-state index in [9.17, 15) is 4.79 Å². The van der Waals surface area contributed by atoms with Gasteiger partial charge in [-0.15, -0.1) is 11.3 Å². The Labute approximate surface area is 108 Å². The number of nitrogens with one attached hydrogen (secondary N) is 1. The molecular formula is C14H23NOS. The van der Waals surface area contributed by atoms with Crippen molar-refractivity contribution in [2.45, 2.75) is 40.5 Å². The van der Waals surface area contributed by atoms with Crippen molar-refractivity contribution < 1.29 is 4.79 Å². The molecule has 0 aliphatic heterocycles. The molecule has 0 aliphatic carbocycles. The molecule has 1 amide bonds.